The van der Waals surface area contributed by atoms with Crippen LogP contribution in [0.2, 0.25) is 0 Å². The number of ether oxygens (including phenoxy) is 1. The van der Waals surface area contributed by atoms with Crippen LogP contribution in [-0.2, 0) is 11.2 Å². The van der Waals surface area contributed by atoms with Crippen LogP contribution in [0.1, 0.15) is 78.4 Å². The molecule has 0 aromatic heterocycles. The van der Waals surface area contributed by atoms with Crippen molar-refractivity contribution in [3.05, 3.63) is 107 Å². The lowest BCUT2D eigenvalue weighted by Crippen LogP contribution is -2.37. The van der Waals surface area contributed by atoms with Crippen molar-refractivity contribution in [3.63, 3.8) is 0 Å². The summed E-state index contributed by atoms with van der Waals surface area (Å²) < 4.78 is 46.1. The number of halogens is 3. The molecule has 6 nitrogen and oxygen atoms in total. The molecule has 1 atom stereocenters. The van der Waals surface area contributed by atoms with Crippen molar-refractivity contribution in [2.45, 2.75) is 64.0 Å². The van der Waals surface area contributed by atoms with Crippen LogP contribution in [0.25, 0.3) is 11.1 Å². The zero-order valence-electron chi connectivity index (χ0n) is 27.0. The second-order valence-corrected chi connectivity index (χ2v) is 12.4. The molecule has 0 radical (unpaired) electrons. The fraction of sp³-hybridized carbons (Fsp3) is 0.333. The number of anilines is 2. The molecule has 1 aliphatic heterocycles. The first-order valence-corrected chi connectivity index (χ1v) is 16.8. The van der Waals surface area contributed by atoms with Gasteiger partial charge in [-0.1, -0.05) is 74.4 Å². The number of fused-ring (bicyclic) bond motifs is 3. The van der Waals surface area contributed by atoms with E-state index in [0.717, 1.165) is 68.4 Å². The molecule has 250 valence electrons. The molecule has 48 heavy (non-hydrogen) atoms. The van der Waals surface area contributed by atoms with E-state index in [2.05, 4.69) is 22.5 Å². The SMILES string of the molecule is CCCCCc1c(N2CCCCC2)cc(NC(=O)c2ccccc2Oc2ccccc2)c2c1C(C(=O)NCC(F)(F)F)c1ccccc1-2. The standard InChI is InChI=1S/C39H40F3N3O3/c1-2-3-6-19-29-32(45-22-13-5-14-23-45)24-31(44-37(46)30-20-11-12-21-33(30)48-26-15-7-4-8-16-26)34-27-17-9-10-18-28(27)36(35(29)34)38(47)43-25-39(40,41)42/h4,7-12,15-18,20-21,24,36H,2-3,5-6,13-14,19,22-23,25H2,1H3,(H,43,47)(H,44,46). The van der Waals surface area contributed by atoms with Crippen LogP contribution in [0.3, 0.4) is 0 Å². The van der Waals surface area contributed by atoms with Crippen molar-refractivity contribution in [1.29, 1.82) is 0 Å². The minimum Gasteiger partial charge on any atom is -0.457 e. The van der Waals surface area contributed by atoms with Gasteiger partial charge in [-0.3, -0.25) is 9.59 Å². The molecule has 4 aromatic rings. The third-order valence-electron chi connectivity index (χ3n) is 9.09. The summed E-state index contributed by atoms with van der Waals surface area (Å²) in [6.45, 7) is 2.34. The molecule has 1 unspecified atom stereocenters. The van der Waals surface area contributed by atoms with Gasteiger partial charge in [0.25, 0.3) is 5.91 Å². The summed E-state index contributed by atoms with van der Waals surface area (Å²) in [4.78, 5) is 30.3. The average molecular weight is 656 g/mol. The van der Waals surface area contributed by atoms with Gasteiger partial charge in [-0.15, -0.1) is 0 Å². The monoisotopic (exact) mass is 655 g/mol. The molecular formula is C39H40F3N3O3. The quantitative estimate of drug-likeness (QED) is 0.158. The first kappa shape index (κ1) is 33.1. The van der Waals surface area contributed by atoms with Crippen molar-refractivity contribution in [1.82, 2.24) is 5.32 Å². The van der Waals surface area contributed by atoms with Gasteiger partial charge in [0.1, 0.15) is 18.0 Å². The van der Waals surface area contributed by atoms with Crippen LogP contribution < -0.4 is 20.3 Å². The molecule has 1 aliphatic carbocycles. The number of nitrogens with zero attached hydrogens (tertiary/aromatic N) is 1. The van der Waals surface area contributed by atoms with Gasteiger partial charge < -0.3 is 20.3 Å². The number of amides is 2. The van der Waals surface area contributed by atoms with Crippen LogP contribution in [-0.4, -0.2) is 37.6 Å². The number of para-hydroxylation sites is 2. The number of carbonyl (C=O) groups is 2. The molecule has 2 N–H and O–H groups in total. The number of hydrogen-bond donors (Lipinski definition) is 2. The summed E-state index contributed by atoms with van der Waals surface area (Å²) in [6, 6.07) is 25.5. The van der Waals surface area contributed by atoms with Crippen molar-refractivity contribution < 1.29 is 27.5 Å². The fourth-order valence-electron chi connectivity index (χ4n) is 6.91. The Hall–Kier alpha value is -4.79. The van der Waals surface area contributed by atoms with Gasteiger partial charge in [-0.05, 0) is 84.7 Å². The minimum absolute atomic E-state index is 0.326. The number of nitrogens with one attached hydrogen (secondary N) is 2. The number of piperidine rings is 1. The third-order valence-corrected chi connectivity index (χ3v) is 9.09. The first-order chi connectivity index (χ1) is 23.2. The number of alkyl halides is 3. The van der Waals surface area contributed by atoms with Crippen LogP contribution in [0, 0.1) is 0 Å². The van der Waals surface area contributed by atoms with Crippen LogP contribution in [0.15, 0.2) is 84.9 Å². The Bertz CT molecular complexity index is 1770. The highest BCUT2D eigenvalue weighted by molar-refractivity contribution is 6.11. The lowest BCUT2D eigenvalue weighted by atomic mass is 9.87. The molecule has 9 heteroatoms. The summed E-state index contributed by atoms with van der Waals surface area (Å²) in [7, 11) is 0. The lowest BCUT2D eigenvalue weighted by Gasteiger charge is -2.33. The average Bonchev–Trinajstić information content (AvgIpc) is 3.44. The summed E-state index contributed by atoms with van der Waals surface area (Å²) in [5.41, 5.74) is 5.45. The predicted molar refractivity (Wildman–Crippen MR) is 183 cm³/mol. The minimum atomic E-state index is -4.55. The smallest absolute Gasteiger partial charge is 0.405 e. The molecular weight excluding hydrogens is 615 g/mol. The van der Waals surface area contributed by atoms with E-state index in [1.54, 1.807) is 36.4 Å². The van der Waals surface area contributed by atoms with E-state index in [1.165, 1.54) is 0 Å². The zero-order chi connectivity index (χ0) is 33.7. The number of benzene rings is 4. The summed E-state index contributed by atoms with van der Waals surface area (Å²) in [5, 5.41) is 5.33. The lowest BCUT2D eigenvalue weighted by molar-refractivity contribution is -0.138. The van der Waals surface area contributed by atoms with Gasteiger partial charge in [0.2, 0.25) is 5.91 Å². The van der Waals surface area contributed by atoms with Crippen LogP contribution in [0.4, 0.5) is 24.5 Å². The van der Waals surface area contributed by atoms with Gasteiger partial charge in [0.05, 0.1) is 17.2 Å². The van der Waals surface area contributed by atoms with E-state index < -0.39 is 30.5 Å². The fourth-order valence-corrected chi connectivity index (χ4v) is 6.91. The summed E-state index contributed by atoms with van der Waals surface area (Å²) in [6.07, 6.45) is 2.08. The first-order valence-electron chi connectivity index (χ1n) is 16.8. The molecule has 6 rings (SSSR count). The van der Waals surface area contributed by atoms with E-state index in [0.29, 0.717) is 45.9 Å². The Morgan fingerprint density at radius 1 is 0.896 bits per heavy atom. The Kier molecular flexibility index (Phi) is 10.0. The molecule has 2 aliphatic rings. The number of unbranched alkanes of at least 4 members (excludes halogenated alkanes) is 2. The van der Waals surface area contributed by atoms with Crippen molar-refractivity contribution in [2.24, 2.45) is 0 Å². The Morgan fingerprint density at radius 3 is 2.35 bits per heavy atom. The summed E-state index contributed by atoms with van der Waals surface area (Å²) in [5.74, 6) is -1.08. The second kappa shape index (κ2) is 14.5. The van der Waals surface area contributed by atoms with Crippen molar-refractivity contribution in [3.8, 4) is 22.6 Å². The van der Waals surface area contributed by atoms with Crippen molar-refractivity contribution >= 4 is 23.2 Å². The highest BCUT2D eigenvalue weighted by Gasteiger charge is 2.40. The molecule has 1 saturated heterocycles. The molecule has 0 saturated carbocycles. The number of rotatable bonds is 11. The summed E-state index contributed by atoms with van der Waals surface area (Å²) >= 11 is 0. The molecule has 1 heterocycles. The van der Waals surface area contributed by atoms with E-state index in [9.17, 15) is 22.8 Å². The maximum Gasteiger partial charge on any atom is 0.405 e. The normalized spacial score (nSPS) is 15.4. The van der Waals surface area contributed by atoms with E-state index in [1.807, 2.05) is 48.5 Å². The van der Waals surface area contributed by atoms with E-state index >= 15 is 0 Å². The van der Waals surface area contributed by atoms with Gasteiger partial charge in [-0.2, -0.15) is 13.2 Å². The largest absolute Gasteiger partial charge is 0.457 e. The number of carbonyl (C=O) groups excluding carboxylic acids is 2. The maximum absolute atomic E-state index is 14.1. The predicted octanol–water partition coefficient (Wildman–Crippen LogP) is 9.25. The zero-order valence-corrected chi connectivity index (χ0v) is 27.0. The van der Waals surface area contributed by atoms with Crippen LogP contribution in [0.5, 0.6) is 11.5 Å². The van der Waals surface area contributed by atoms with E-state index in [4.69, 9.17) is 4.74 Å². The number of hydrogen-bond acceptors (Lipinski definition) is 4. The second-order valence-electron chi connectivity index (χ2n) is 12.4. The Balaban J connectivity index is 1.50. The van der Waals surface area contributed by atoms with Crippen molar-refractivity contribution in [2.75, 3.05) is 29.9 Å². The van der Waals surface area contributed by atoms with E-state index in [-0.39, 0.29) is 0 Å². The third kappa shape index (κ3) is 7.20. The van der Waals surface area contributed by atoms with Gasteiger partial charge in [0.15, 0.2) is 0 Å². The topological polar surface area (TPSA) is 70.7 Å². The van der Waals surface area contributed by atoms with Gasteiger partial charge in [0, 0.05) is 24.3 Å². The molecule has 2 amide bonds. The molecule has 0 spiro atoms. The highest BCUT2D eigenvalue weighted by atomic mass is 19.4. The molecule has 0 bridgehead atoms. The highest BCUT2D eigenvalue weighted by Crippen LogP contribution is 2.53. The Labute approximate surface area is 279 Å². The van der Waals surface area contributed by atoms with Gasteiger partial charge >= 0.3 is 6.18 Å². The molecule has 4 aromatic carbocycles. The molecule has 1 fully saturated rings. The Morgan fingerprint density at radius 2 is 1.60 bits per heavy atom. The van der Waals surface area contributed by atoms with Gasteiger partial charge in [-0.25, -0.2) is 0 Å². The maximum atomic E-state index is 14.1. The van der Waals surface area contributed by atoms with Crippen LogP contribution >= 0.6 is 0 Å².